The number of nitrogens with zero attached hydrogens (tertiary/aromatic N) is 1. The first kappa shape index (κ1) is 14.0. The van der Waals surface area contributed by atoms with Crippen molar-refractivity contribution in [2.45, 2.75) is 12.5 Å². The smallest absolute Gasteiger partial charge is 0.128 e. The highest BCUT2D eigenvalue weighted by Crippen LogP contribution is 1.97. The summed E-state index contributed by atoms with van der Waals surface area (Å²) in [6, 6.07) is 0. The van der Waals surface area contributed by atoms with E-state index in [9.17, 15) is 0 Å². The molecule has 0 bridgehead atoms. The van der Waals surface area contributed by atoms with Crippen molar-refractivity contribution in [3.63, 3.8) is 0 Å². The van der Waals surface area contributed by atoms with Gasteiger partial charge in [0.2, 0.25) is 0 Å². The van der Waals surface area contributed by atoms with Gasteiger partial charge in [0.15, 0.2) is 0 Å². The average Bonchev–Trinajstić information content (AvgIpc) is 1.59. The minimum Gasteiger partial charge on any atom is -1.00 e. The van der Waals surface area contributed by atoms with Gasteiger partial charge in [-0.3, -0.25) is 0 Å². The second-order valence-corrected chi connectivity index (χ2v) is 4.04. The Bertz CT molecular complexity index is 90.9. The molecular weight excluding hydrogens is 185 g/mol. The van der Waals surface area contributed by atoms with E-state index >= 15 is 0 Å². The highest BCUT2D eigenvalue weighted by Gasteiger charge is 2.06. The molecule has 1 atom stereocenters. The number of likely N-dealkylation sites (N-methyl/N-ethyl adjacent to an activating group) is 1. The molecule has 0 rings (SSSR count). The van der Waals surface area contributed by atoms with E-state index in [0.717, 1.165) is 17.6 Å². The van der Waals surface area contributed by atoms with Crippen molar-refractivity contribution >= 4 is 11.6 Å². The Morgan fingerprint density at radius 2 is 1.82 bits per heavy atom. The Kier molecular flexibility index (Phi) is 7.75. The maximum atomic E-state index is 5.58. The van der Waals surface area contributed by atoms with Crippen LogP contribution in [0.4, 0.5) is 0 Å². The third kappa shape index (κ3) is 13.5. The molecule has 0 aromatic rings. The lowest BCUT2D eigenvalue weighted by Gasteiger charge is -2.23. The van der Waals surface area contributed by atoms with E-state index in [0.29, 0.717) is 0 Å². The van der Waals surface area contributed by atoms with Gasteiger partial charge < -0.3 is 21.6 Å². The Morgan fingerprint density at radius 3 is 2.09 bits per heavy atom. The first-order valence-electron chi connectivity index (χ1n) is 3.48. The van der Waals surface area contributed by atoms with Gasteiger partial charge in [0, 0.05) is 0 Å². The topological polar surface area (TPSA) is 9.23 Å². The van der Waals surface area contributed by atoms with Crippen molar-refractivity contribution in [3.8, 4) is 0 Å². The summed E-state index contributed by atoms with van der Waals surface area (Å²) < 4.78 is 6.09. The fraction of sp³-hybridized carbons (Fsp3) is 1.00. The van der Waals surface area contributed by atoms with Crippen molar-refractivity contribution in [3.05, 3.63) is 0 Å². The molecule has 0 aliphatic rings. The highest BCUT2D eigenvalue weighted by atomic mass is 35.5. The summed E-state index contributed by atoms with van der Waals surface area (Å²) in [5.41, 5.74) is -0.161. The minimum atomic E-state index is -0.161. The van der Waals surface area contributed by atoms with Crippen LogP contribution in [0.25, 0.3) is 0 Å². The van der Waals surface area contributed by atoms with Gasteiger partial charge in [0.25, 0.3) is 0 Å². The lowest BCUT2D eigenvalue weighted by molar-refractivity contribution is -0.870. The summed E-state index contributed by atoms with van der Waals surface area (Å²) in [5, 5.41) is 0. The van der Waals surface area contributed by atoms with Gasteiger partial charge in [0.1, 0.15) is 12.1 Å². The number of halogens is 2. The van der Waals surface area contributed by atoms with E-state index in [4.69, 9.17) is 16.3 Å². The molecule has 0 N–H and O–H groups in total. The molecule has 2 nitrogen and oxygen atoms in total. The molecule has 1 unspecified atom stereocenters. The van der Waals surface area contributed by atoms with Crippen LogP contribution in [-0.2, 0) is 4.74 Å². The van der Waals surface area contributed by atoms with Crippen LogP contribution in [0, 0.1) is 0 Å². The van der Waals surface area contributed by atoms with E-state index in [1.165, 1.54) is 0 Å². The maximum absolute atomic E-state index is 5.58. The van der Waals surface area contributed by atoms with E-state index in [1.54, 1.807) is 0 Å². The number of hydrogen-bond acceptors (Lipinski definition) is 1. The Morgan fingerprint density at radius 1 is 1.36 bits per heavy atom. The van der Waals surface area contributed by atoms with Crippen LogP contribution in [0.1, 0.15) is 6.92 Å². The van der Waals surface area contributed by atoms with Crippen molar-refractivity contribution in [2.24, 2.45) is 0 Å². The van der Waals surface area contributed by atoms with Crippen LogP contribution in [0.5, 0.6) is 0 Å². The Hall–Kier alpha value is 0.500. The molecule has 0 aliphatic carbocycles. The predicted molar refractivity (Wildman–Crippen MR) is 44.2 cm³/mol. The quantitative estimate of drug-likeness (QED) is 0.390. The van der Waals surface area contributed by atoms with Gasteiger partial charge in [-0.15, -0.1) is 0 Å². The molecule has 0 saturated carbocycles. The molecule has 70 valence electrons. The zero-order valence-electron chi connectivity index (χ0n) is 7.60. The van der Waals surface area contributed by atoms with Gasteiger partial charge in [-0.2, -0.15) is 0 Å². The number of hydrogen-bond donors (Lipinski definition) is 0. The van der Waals surface area contributed by atoms with E-state index in [1.807, 2.05) is 6.92 Å². The number of ether oxygens (including phenoxy) is 1. The molecule has 4 heteroatoms. The molecule has 0 amide bonds. The molecule has 0 aromatic heterocycles. The standard InChI is InChI=1S/C7H17ClNO.ClH/c1-7(8)10-6-5-9(2,3)4;/h7H,5-6H2,1-4H3;1H/q+1;/p-1. The van der Waals surface area contributed by atoms with E-state index in [-0.39, 0.29) is 18.0 Å². The number of alkyl halides is 1. The highest BCUT2D eigenvalue weighted by molar-refractivity contribution is 6.19. The van der Waals surface area contributed by atoms with Gasteiger partial charge in [-0.1, -0.05) is 11.6 Å². The van der Waals surface area contributed by atoms with Crippen molar-refractivity contribution in [2.75, 3.05) is 34.3 Å². The summed E-state index contributed by atoms with van der Waals surface area (Å²) in [4.78, 5) is 0. The van der Waals surface area contributed by atoms with Crippen LogP contribution in [-0.4, -0.2) is 44.3 Å². The predicted octanol–water partition coefficient (Wildman–Crippen LogP) is -1.70. The number of rotatable bonds is 4. The number of quaternary nitrogens is 1. The fourth-order valence-electron chi connectivity index (χ4n) is 0.489. The van der Waals surface area contributed by atoms with Crippen LogP contribution < -0.4 is 12.4 Å². The summed E-state index contributed by atoms with van der Waals surface area (Å²) in [5.74, 6) is 0. The van der Waals surface area contributed by atoms with Crippen LogP contribution in [0.2, 0.25) is 0 Å². The molecule has 0 saturated heterocycles. The monoisotopic (exact) mass is 201 g/mol. The molecule has 0 aromatic carbocycles. The summed E-state index contributed by atoms with van der Waals surface area (Å²) in [7, 11) is 6.38. The second-order valence-electron chi connectivity index (χ2n) is 3.43. The summed E-state index contributed by atoms with van der Waals surface area (Å²) in [6.07, 6.45) is 0. The van der Waals surface area contributed by atoms with Gasteiger partial charge >= 0.3 is 0 Å². The lowest BCUT2D eigenvalue weighted by atomic mass is 10.5. The van der Waals surface area contributed by atoms with E-state index < -0.39 is 0 Å². The van der Waals surface area contributed by atoms with Crippen LogP contribution in [0.3, 0.4) is 0 Å². The lowest BCUT2D eigenvalue weighted by Crippen LogP contribution is -3.00. The minimum absolute atomic E-state index is 0. The fourth-order valence-corrected chi connectivity index (χ4v) is 0.578. The average molecular weight is 202 g/mol. The SMILES string of the molecule is CC(Cl)OCC[N+](C)(C)C.[Cl-]. The van der Waals surface area contributed by atoms with Crippen LogP contribution in [0.15, 0.2) is 0 Å². The Labute approximate surface area is 80.5 Å². The summed E-state index contributed by atoms with van der Waals surface area (Å²) >= 11 is 5.58. The molecule has 0 aliphatic heterocycles. The normalized spacial score (nSPS) is 13.9. The largest absolute Gasteiger partial charge is 1.00 e. The van der Waals surface area contributed by atoms with Crippen LogP contribution >= 0.6 is 11.6 Å². The molecular formula is C7H17Cl2NO. The third-order valence-corrected chi connectivity index (χ3v) is 1.24. The van der Waals surface area contributed by atoms with E-state index in [2.05, 4.69) is 21.1 Å². The van der Waals surface area contributed by atoms with Crippen molar-refractivity contribution in [1.82, 2.24) is 0 Å². The molecule has 0 heterocycles. The maximum Gasteiger partial charge on any atom is 0.128 e. The first-order chi connectivity index (χ1) is 4.42. The summed E-state index contributed by atoms with van der Waals surface area (Å²) in [6.45, 7) is 3.56. The van der Waals surface area contributed by atoms with Gasteiger partial charge in [0.05, 0.1) is 27.7 Å². The molecule has 0 spiro atoms. The Balaban J connectivity index is 0. The molecule has 0 fully saturated rings. The van der Waals surface area contributed by atoms with Crippen molar-refractivity contribution < 1.29 is 21.6 Å². The zero-order valence-corrected chi connectivity index (χ0v) is 9.11. The van der Waals surface area contributed by atoms with Gasteiger partial charge in [-0.05, 0) is 6.92 Å². The zero-order chi connectivity index (χ0) is 8.20. The van der Waals surface area contributed by atoms with Gasteiger partial charge in [-0.25, -0.2) is 0 Å². The third-order valence-electron chi connectivity index (χ3n) is 1.11. The first-order valence-corrected chi connectivity index (χ1v) is 3.91. The molecule has 0 radical (unpaired) electrons. The molecule has 11 heavy (non-hydrogen) atoms. The second kappa shape index (κ2) is 6.06. The van der Waals surface area contributed by atoms with Crippen molar-refractivity contribution in [1.29, 1.82) is 0 Å².